The standard InChI is InChI=1S/C9H9N3O/c10-9-7-12(11-13-9)6-8-4-2-1-3-5-8/h1-5,7,10H,6H2. The van der Waals surface area contributed by atoms with Gasteiger partial charge in [0, 0.05) is 5.56 Å². The van der Waals surface area contributed by atoms with Crippen molar-refractivity contribution in [2.45, 2.75) is 6.54 Å². The van der Waals surface area contributed by atoms with Crippen LogP contribution in [0, 0.1) is 5.41 Å². The lowest BCUT2D eigenvalue weighted by Crippen LogP contribution is -2.37. The van der Waals surface area contributed by atoms with Gasteiger partial charge in [-0.2, -0.15) is 0 Å². The predicted octanol–water partition coefficient (Wildman–Crippen LogP) is 0.0521. The topological polar surface area (TPSA) is 55.0 Å². The number of rotatable bonds is 2. The fraction of sp³-hybridized carbons (Fsp3) is 0.111. The van der Waals surface area contributed by atoms with Gasteiger partial charge >= 0.3 is 0 Å². The molecule has 0 saturated carbocycles. The Balaban J connectivity index is 2.20. The van der Waals surface area contributed by atoms with E-state index in [0.29, 0.717) is 6.54 Å². The summed E-state index contributed by atoms with van der Waals surface area (Å²) in [5.74, 6) is 0. The normalized spacial score (nSPS) is 10.2. The van der Waals surface area contributed by atoms with Crippen LogP contribution in [-0.4, -0.2) is 0 Å². The first-order valence-corrected chi connectivity index (χ1v) is 3.96. The molecule has 66 valence electrons. The van der Waals surface area contributed by atoms with Gasteiger partial charge in [-0.25, -0.2) is 4.68 Å². The summed E-state index contributed by atoms with van der Waals surface area (Å²) in [7, 11) is 0. The van der Waals surface area contributed by atoms with Crippen LogP contribution < -0.4 is 15.5 Å². The number of hydrogen-bond acceptors (Lipinski definition) is 2. The minimum Gasteiger partial charge on any atom is -0.487 e. The van der Waals surface area contributed by atoms with E-state index < -0.39 is 0 Å². The molecule has 0 fully saturated rings. The van der Waals surface area contributed by atoms with Gasteiger partial charge in [0.25, 0.3) is 5.55 Å². The molecular weight excluding hydrogens is 166 g/mol. The van der Waals surface area contributed by atoms with Gasteiger partial charge < -0.3 is 4.52 Å². The Morgan fingerprint density at radius 2 is 2.08 bits per heavy atom. The summed E-state index contributed by atoms with van der Waals surface area (Å²) in [5.41, 5.74) is 1.22. The van der Waals surface area contributed by atoms with E-state index in [4.69, 9.17) is 5.41 Å². The second-order valence-corrected chi connectivity index (χ2v) is 2.75. The summed E-state index contributed by atoms with van der Waals surface area (Å²) in [6.07, 6.45) is 1.55. The summed E-state index contributed by atoms with van der Waals surface area (Å²) in [6.45, 7) is 0.642. The Morgan fingerprint density at radius 3 is 2.69 bits per heavy atom. The quantitative estimate of drug-likeness (QED) is 0.656. The fourth-order valence-corrected chi connectivity index (χ4v) is 1.12. The molecular formula is C9H9N3O. The summed E-state index contributed by atoms with van der Waals surface area (Å²) >= 11 is 0. The molecule has 0 aliphatic heterocycles. The second kappa shape index (κ2) is 3.26. The third-order valence-corrected chi connectivity index (χ3v) is 1.70. The van der Waals surface area contributed by atoms with Crippen LogP contribution in [0.5, 0.6) is 0 Å². The third kappa shape index (κ3) is 1.84. The molecule has 0 atom stereocenters. The molecule has 0 unspecified atom stereocenters. The summed E-state index contributed by atoms with van der Waals surface area (Å²) < 4.78 is 6.21. The van der Waals surface area contributed by atoms with Crippen molar-refractivity contribution in [3.63, 3.8) is 0 Å². The number of hydrogen-bond donors (Lipinski definition) is 1. The molecule has 0 bridgehead atoms. The van der Waals surface area contributed by atoms with Gasteiger partial charge in [0.2, 0.25) is 6.20 Å². The van der Waals surface area contributed by atoms with Crippen molar-refractivity contribution >= 4 is 0 Å². The Labute approximate surface area is 74.9 Å². The second-order valence-electron chi connectivity index (χ2n) is 2.75. The van der Waals surface area contributed by atoms with Gasteiger partial charge in [-0.15, -0.1) is 0 Å². The highest BCUT2D eigenvalue weighted by molar-refractivity contribution is 5.12. The van der Waals surface area contributed by atoms with Crippen molar-refractivity contribution in [1.29, 1.82) is 5.41 Å². The van der Waals surface area contributed by atoms with Gasteiger partial charge in [0.15, 0.2) is 6.54 Å². The highest BCUT2D eigenvalue weighted by Gasteiger charge is 1.97. The lowest BCUT2D eigenvalue weighted by atomic mass is 10.2. The lowest BCUT2D eigenvalue weighted by Gasteiger charge is -1.96. The zero-order valence-corrected chi connectivity index (χ0v) is 6.97. The Hall–Kier alpha value is -1.84. The molecule has 1 aromatic carbocycles. The first-order valence-electron chi connectivity index (χ1n) is 3.96. The molecule has 2 aromatic rings. The van der Waals surface area contributed by atoms with Crippen molar-refractivity contribution in [1.82, 2.24) is 5.27 Å². The molecule has 0 aliphatic rings. The fourth-order valence-electron chi connectivity index (χ4n) is 1.12. The highest BCUT2D eigenvalue weighted by Crippen LogP contribution is 1.95. The van der Waals surface area contributed by atoms with E-state index in [1.54, 1.807) is 10.9 Å². The van der Waals surface area contributed by atoms with Crippen LogP contribution in [0.1, 0.15) is 5.56 Å². The van der Waals surface area contributed by atoms with Crippen molar-refractivity contribution < 1.29 is 9.20 Å². The molecule has 13 heavy (non-hydrogen) atoms. The van der Waals surface area contributed by atoms with E-state index in [0.717, 1.165) is 5.56 Å². The summed E-state index contributed by atoms with van der Waals surface area (Å²) in [6, 6.07) is 9.92. The molecule has 0 spiro atoms. The van der Waals surface area contributed by atoms with E-state index in [1.807, 2.05) is 30.3 Å². The maximum atomic E-state index is 7.13. The molecule has 2 rings (SSSR count). The van der Waals surface area contributed by atoms with Gasteiger partial charge in [-0.05, 0) is 0 Å². The number of nitrogens with zero attached hydrogens (tertiary/aromatic N) is 2. The third-order valence-electron chi connectivity index (χ3n) is 1.70. The molecule has 0 amide bonds. The zero-order valence-electron chi connectivity index (χ0n) is 6.97. The maximum absolute atomic E-state index is 7.13. The van der Waals surface area contributed by atoms with Gasteiger partial charge in [0.1, 0.15) is 0 Å². The monoisotopic (exact) mass is 175 g/mol. The SMILES string of the molecule is N=c1c[n+](Cc2ccccc2)[n-]o1. The van der Waals surface area contributed by atoms with Crippen LogP contribution >= 0.6 is 0 Å². The average Bonchev–Trinajstić information content (AvgIpc) is 2.53. The molecule has 0 saturated heterocycles. The van der Waals surface area contributed by atoms with Crippen LogP contribution in [0.25, 0.3) is 0 Å². The minimum atomic E-state index is 0.0796. The molecule has 4 heteroatoms. The van der Waals surface area contributed by atoms with Crippen molar-refractivity contribution in [3.8, 4) is 0 Å². The molecule has 1 N–H and O–H groups in total. The first-order chi connectivity index (χ1) is 6.34. The Morgan fingerprint density at radius 1 is 1.31 bits per heavy atom. The Kier molecular flexibility index (Phi) is 1.96. The average molecular weight is 175 g/mol. The van der Waals surface area contributed by atoms with E-state index in [9.17, 15) is 0 Å². The molecule has 0 aliphatic carbocycles. The highest BCUT2D eigenvalue weighted by atomic mass is 16.5. The van der Waals surface area contributed by atoms with E-state index in [-0.39, 0.29) is 5.55 Å². The predicted molar refractivity (Wildman–Crippen MR) is 43.6 cm³/mol. The van der Waals surface area contributed by atoms with Crippen LogP contribution in [0.3, 0.4) is 0 Å². The largest absolute Gasteiger partial charge is 0.487 e. The van der Waals surface area contributed by atoms with Gasteiger partial charge in [-0.1, -0.05) is 30.3 Å². The molecule has 4 nitrogen and oxygen atoms in total. The number of benzene rings is 1. The smallest absolute Gasteiger partial charge is 0.264 e. The zero-order chi connectivity index (χ0) is 9.10. The molecule has 1 heterocycles. The maximum Gasteiger partial charge on any atom is 0.264 e. The first kappa shape index (κ1) is 7.79. The Bertz CT molecular complexity index is 429. The molecule has 1 aromatic heterocycles. The lowest BCUT2D eigenvalue weighted by molar-refractivity contribution is -0.760. The van der Waals surface area contributed by atoms with Crippen molar-refractivity contribution in [2.75, 3.05) is 0 Å². The summed E-state index contributed by atoms with van der Waals surface area (Å²) in [4.78, 5) is 0. The number of aromatic nitrogens is 2. The minimum absolute atomic E-state index is 0.0796. The van der Waals surface area contributed by atoms with Crippen molar-refractivity contribution in [3.05, 3.63) is 47.6 Å². The van der Waals surface area contributed by atoms with Crippen molar-refractivity contribution in [2.24, 2.45) is 0 Å². The van der Waals surface area contributed by atoms with Gasteiger partial charge in [-0.3, -0.25) is 10.7 Å². The van der Waals surface area contributed by atoms with E-state index in [1.165, 1.54) is 0 Å². The number of nitrogens with one attached hydrogen (secondary N) is 1. The van der Waals surface area contributed by atoms with Gasteiger partial charge in [0.05, 0.1) is 0 Å². The van der Waals surface area contributed by atoms with Crippen LogP contribution in [0.4, 0.5) is 0 Å². The molecule has 0 radical (unpaired) electrons. The van der Waals surface area contributed by atoms with E-state index in [2.05, 4.69) is 9.79 Å². The van der Waals surface area contributed by atoms with E-state index >= 15 is 0 Å². The van der Waals surface area contributed by atoms with Crippen LogP contribution in [0.2, 0.25) is 0 Å². The van der Waals surface area contributed by atoms with Crippen LogP contribution in [-0.2, 0) is 6.54 Å². The summed E-state index contributed by atoms with van der Waals surface area (Å²) in [5, 5.41) is 10.8. The van der Waals surface area contributed by atoms with Crippen LogP contribution in [0.15, 0.2) is 41.1 Å².